The first-order valence-electron chi connectivity index (χ1n) is 6.78. The minimum atomic E-state index is -0.407. The van der Waals surface area contributed by atoms with Gasteiger partial charge in [-0.25, -0.2) is 0 Å². The molecule has 4 unspecified atom stereocenters. The SMILES string of the molecule is NC1C2CCCOC2C1NC(=O)c1ccc(O)cc1O. The minimum absolute atomic E-state index is 0.0260. The number of benzene rings is 1. The number of phenolic OH excluding ortho intramolecular Hbond substituents is 2. The molecular formula is C14H18N2O4. The van der Waals surface area contributed by atoms with Crippen LogP contribution in [0.4, 0.5) is 0 Å². The third kappa shape index (κ3) is 2.10. The van der Waals surface area contributed by atoms with Crippen molar-refractivity contribution in [1.82, 2.24) is 5.32 Å². The topological polar surface area (TPSA) is 105 Å². The van der Waals surface area contributed by atoms with Crippen LogP contribution in [-0.4, -0.2) is 40.9 Å². The molecule has 0 spiro atoms. The molecule has 0 aromatic heterocycles. The van der Waals surface area contributed by atoms with E-state index in [1.54, 1.807) is 0 Å². The van der Waals surface area contributed by atoms with Crippen LogP contribution < -0.4 is 11.1 Å². The number of ether oxygens (including phenoxy) is 1. The Labute approximate surface area is 116 Å². The predicted molar refractivity (Wildman–Crippen MR) is 71.5 cm³/mol. The smallest absolute Gasteiger partial charge is 0.255 e. The number of hydrogen-bond acceptors (Lipinski definition) is 5. The number of rotatable bonds is 2. The molecule has 5 N–H and O–H groups in total. The van der Waals surface area contributed by atoms with Crippen molar-refractivity contribution in [1.29, 1.82) is 0 Å². The summed E-state index contributed by atoms with van der Waals surface area (Å²) in [5, 5.41) is 21.7. The molecule has 108 valence electrons. The van der Waals surface area contributed by atoms with Crippen LogP contribution in [0.2, 0.25) is 0 Å². The lowest BCUT2D eigenvalue weighted by Gasteiger charge is -2.52. The molecule has 0 radical (unpaired) electrons. The molecule has 1 aliphatic heterocycles. The fourth-order valence-electron chi connectivity index (χ4n) is 3.07. The number of fused-ring (bicyclic) bond motifs is 1. The van der Waals surface area contributed by atoms with Gasteiger partial charge in [0.25, 0.3) is 5.91 Å². The van der Waals surface area contributed by atoms with Crippen LogP contribution >= 0.6 is 0 Å². The number of phenols is 2. The summed E-state index contributed by atoms with van der Waals surface area (Å²) in [5.74, 6) is -0.440. The number of nitrogens with one attached hydrogen (secondary N) is 1. The van der Waals surface area contributed by atoms with Gasteiger partial charge in [0, 0.05) is 24.6 Å². The summed E-state index contributed by atoms with van der Waals surface area (Å²) in [6.07, 6.45) is 2.01. The van der Waals surface area contributed by atoms with Crippen molar-refractivity contribution in [3.8, 4) is 11.5 Å². The summed E-state index contributed by atoms with van der Waals surface area (Å²) >= 11 is 0. The molecule has 1 heterocycles. The van der Waals surface area contributed by atoms with E-state index in [1.807, 2.05) is 0 Å². The van der Waals surface area contributed by atoms with Crippen molar-refractivity contribution in [3.63, 3.8) is 0 Å². The lowest BCUT2D eigenvalue weighted by molar-refractivity contribution is -0.117. The highest BCUT2D eigenvalue weighted by Crippen LogP contribution is 2.37. The lowest BCUT2D eigenvalue weighted by atomic mass is 9.68. The van der Waals surface area contributed by atoms with Gasteiger partial charge >= 0.3 is 0 Å². The molecule has 6 heteroatoms. The van der Waals surface area contributed by atoms with Gasteiger partial charge in [0.2, 0.25) is 0 Å². The lowest BCUT2D eigenvalue weighted by Crippen LogP contribution is -2.72. The molecule has 1 aliphatic carbocycles. The molecule has 1 saturated carbocycles. The fraction of sp³-hybridized carbons (Fsp3) is 0.500. The van der Waals surface area contributed by atoms with Gasteiger partial charge in [0.1, 0.15) is 11.5 Å². The monoisotopic (exact) mass is 278 g/mol. The third-order valence-corrected chi connectivity index (χ3v) is 4.20. The zero-order valence-corrected chi connectivity index (χ0v) is 11.0. The maximum absolute atomic E-state index is 12.1. The van der Waals surface area contributed by atoms with E-state index in [2.05, 4.69) is 5.32 Å². The average molecular weight is 278 g/mol. The number of carbonyl (C=O) groups excluding carboxylic acids is 1. The van der Waals surface area contributed by atoms with Crippen molar-refractivity contribution in [3.05, 3.63) is 23.8 Å². The molecule has 1 aromatic rings. The Morgan fingerprint density at radius 3 is 2.95 bits per heavy atom. The second-order valence-corrected chi connectivity index (χ2v) is 5.42. The number of aromatic hydroxyl groups is 2. The zero-order valence-electron chi connectivity index (χ0n) is 11.0. The molecule has 1 amide bonds. The number of carbonyl (C=O) groups is 1. The summed E-state index contributed by atoms with van der Waals surface area (Å²) in [6.45, 7) is 0.699. The van der Waals surface area contributed by atoms with E-state index in [0.717, 1.165) is 18.9 Å². The molecule has 0 bridgehead atoms. The average Bonchev–Trinajstić information content (AvgIpc) is 2.44. The molecule has 1 aromatic carbocycles. The van der Waals surface area contributed by atoms with Crippen LogP contribution in [0.1, 0.15) is 23.2 Å². The van der Waals surface area contributed by atoms with Crippen molar-refractivity contribution >= 4 is 5.91 Å². The largest absolute Gasteiger partial charge is 0.508 e. The molecular weight excluding hydrogens is 260 g/mol. The first-order valence-corrected chi connectivity index (χ1v) is 6.78. The Balaban J connectivity index is 1.70. The van der Waals surface area contributed by atoms with Crippen molar-refractivity contribution in [2.45, 2.75) is 31.0 Å². The molecule has 6 nitrogen and oxygen atoms in total. The Morgan fingerprint density at radius 2 is 2.20 bits per heavy atom. The van der Waals surface area contributed by atoms with Gasteiger partial charge in [-0.05, 0) is 25.0 Å². The third-order valence-electron chi connectivity index (χ3n) is 4.20. The van der Waals surface area contributed by atoms with Gasteiger partial charge in [0.15, 0.2) is 0 Å². The quantitative estimate of drug-likeness (QED) is 0.624. The highest BCUT2D eigenvalue weighted by atomic mass is 16.5. The Hall–Kier alpha value is -1.79. The van der Waals surface area contributed by atoms with E-state index in [4.69, 9.17) is 10.5 Å². The molecule has 3 rings (SSSR count). The minimum Gasteiger partial charge on any atom is -0.508 e. The van der Waals surface area contributed by atoms with Crippen LogP contribution in [0, 0.1) is 5.92 Å². The van der Waals surface area contributed by atoms with Gasteiger partial charge in [0.05, 0.1) is 17.7 Å². The van der Waals surface area contributed by atoms with E-state index in [9.17, 15) is 15.0 Å². The van der Waals surface area contributed by atoms with Crippen LogP contribution in [0.25, 0.3) is 0 Å². The van der Waals surface area contributed by atoms with Gasteiger partial charge in [-0.15, -0.1) is 0 Å². The molecule has 4 atom stereocenters. The van der Waals surface area contributed by atoms with Crippen LogP contribution in [0.15, 0.2) is 18.2 Å². The second-order valence-electron chi connectivity index (χ2n) is 5.42. The number of nitrogens with two attached hydrogens (primary N) is 1. The van der Waals surface area contributed by atoms with E-state index in [1.165, 1.54) is 12.1 Å². The molecule has 2 aliphatic rings. The maximum atomic E-state index is 12.1. The van der Waals surface area contributed by atoms with E-state index in [0.29, 0.717) is 12.5 Å². The molecule has 20 heavy (non-hydrogen) atoms. The first-order chi connectivity index (χ1) is 9.58. The van der Waals surface area contributed by atoms with Gasteiger partial charge in [-0.2, -0.15) is 0 Å². The normalized spacial score (nSPS) is 32.0. The Bertz CT molecular complexity index is 534. The molecule has 1 saturated heterocycles. The van der Waals surface area contributed by atoms with Gasteiger partial charge in [-0.1, -0.05) is 0 Å². The fourth-order valence-corrected chi connectivity index (χ4v) is 3.07. The highest BCUT2D eigenvalue weighted by molar-refractivity contribution is 5.97. The van der Waals surface area contributed by atoms with Crippen molar-refractivity contribution < 1.29 is 19.7 Å². The Morgan fingerprint density at radius 1 is 1.40 bits per heavy atom. The Kier molecular flexibility index (Phi) is 3.27. The summed E-state index contributed by atoms with van der Waals surface area (Å²) < 4.78 is 5.65. The van der Waals surface area contributed by atoms with Crippen molar-refractivity contribution in [2.75, 3.05) is 6.61 Å². The van der Waals surface area contributed by atoms with E-state index in [-0.39, 0.29) is 35.3 Å². The summed E-state index contributed by atoms with van der Waals surface area (Å²) in [4.78, 5) is 12.1. The van der Waals surface area contributed by atoms with Crippen LogP contribution in [0.3, 0.4) is 0 Å². The van der Waals surface area contributed by atoms with E-state index >= 15 is 0 Å². The van der Waals surface area contributed by atoms with Crippen LogP contribution in [-0.2, 0) is 4.74 Å². The summed E-state index contributed by atoms with van der Waals surface area (Å²) in [5.41, 5.74) is 6.19. The van der Waals surface area contributed by atoms with Gasteiger partial charge < -0.3 is 26.0 Å². The highest BCUT2D eigenvalue weighted by Gasteiger charge is 2.51. The first kappa shape index (κ1) is 13.2. The predicted octanol–water partition coefficient (Wildman–Crippen LogP) is 0.332. The molecule has 2 fully saturated rings. The number of hydrogen-bond donors (Lipinski definition) is 4. The maximum Gasteiger partial charge on any atom is 0.255 e. The van der Waals surface area contributed by atoms with Crippen LogP contribution in [0.5, 0.6) is 11.5 Å². The van der Waals surface area contributed by atoms with Gasteiger partial charge in [-0.3, -0.25) is 4.79 Å². The second kappa shape index (κ2) is 4.96. The van der Waals surface area contributed by atoms with Crippen molar-refractivity contribution in [2.24, 2.45) is 11.7 Å². The summed E-state index contributed by atoms with van der Waals surface area (Å²) in [6, 6.07) is 3.54. The number of amides is 1. The summed E-state index contributed by atoms with van der Waals surface area (Å²) in [7, 11) is 0. The zero-order chi connectivity index (χ0) is 14.3. The standard InChI is InChI=1S/C14H18N2O4/c15-11-9-2-1-5-20-13(9)12(11)16-14(19)8-4-3-7(17)6-10(8)18/h3-4,6,9,11-13,17-18H,1-2,5,15H2,(H,16,19). The van der Waals surface area contributed by atoms with E-state index < -0.39 is 5.91 Å².